The minimum atomic E-state index is -0.00433. The number of carbonyl (C=O) groups is 1. The van der Waals surface area contributed by atoms with Crippen molar-refractivity contribution in [2.45, 2.75) is 31.2 Å². The Labute approximate surface area is 189 Å². The molecule has 6 nitrogen and oxygen atoms in total. The van der Waals surface area contributed by atoms with E-state index in [2.05, 4.69) is 27.1 Å². The molecule has 0 spiro atoms. The van der Waals surface area contributed by atoms with Crippen molar-refractivity contribution in [2.24, 2.45) is 5.92 Å². The zero-order valence-electron chi connectivity index (χ0n) is 16.8. The van der Waals surface area contributed by atoms with Crippen LogP contribution in [0.2, 0.25) is 5.02 Å². The molecule has 1 aliphatic rings. The molecule has 1 aliphatic heterocycles. The first kappa shape index (κ1) is 21.3. The van der Waals surface area contributed by atoms with Gasteiger partial charge in [-0.1, -0.05) is 53.8 Å². The lowest BCUT2D eigenvalue weighted by Crippen LogP contribution is -2.34. The number of carbonyl (C=O) groups excluding carboxylic acids is 1. The SMILES string of the molecule is C[C@@H]1CCCN(c2nc3ncnc(SCC(=O)NCCc4ccc(Cl)cc4)c3s2)C1. The molecule has 30 heavy (non-hydrogen) atoms. The molecule has 9 heteroatoms. The van der Waals surface area contributed by atoms with Gasteiger partial charge in [0.05, 0.1) is 5.75 Å². The van der Waals surface area contributed by atoms with Crippen LogP contribution in [-0.2, 0) is 11.2 Å². The molecule has 0 radical (unpaired) electrons. The Bertz CT molecular complexity index is 1010. The molecule has 2 aromatic heterocycles. The highest BCUT2D eigenvalue weighted by Crippen LogP contribution is 2.35. The van der Waals surface area contributed by atoms with E-state index in [0.29, 0.717) is 23.9 Å². The minimum Gasteiger partial charge on any atom is -0.355 e. The third kappa shape index (κ3) is 5.42. The number of nitrogens with zero attached hydrogens (tertiary/aromatic N) is 4. The number of amides is 1. The summed E-state index contributed by atoms with van der Waals surface area (Å²) in [5.74, 6) is 0.998. The van der Waals surface area contributed by atoms with E-state index in [1.54, 1.807) is 11.3 Å². The van der Waals surface area contributed by atoms with Crippen molar-refractivity contribution in [3.8, 4) is 0 Å². The number of thioether (sulfide) groups is 1. The summed E-state index contributed by atoms with van der Waals surface area (Å²) in [5.41, 5.74) is 1.86. The molecule has 0 aliphatic carbocycles. The first-order chi connectivity index (χ1) is 14.6. The number of hydrogen-bond donors (Lipinski definition) is 1. The van der Waals surface area contributed by atoms with Gasteiger partial charge in [0, 0.05) is 24.7 Å². The lowest BCUT2D eigenvalue weighted by atomic mass is 10.0. The summed E-state index contributed by atoms with van der Waals surface area (Å²) in [5, 5.41) is 5.51. The van der Waals surface area contributed by atoms with E-state index in [9.17, 15) is 4.79 Å². The lowest BCUT2D eigenvalue weighted by Gasteiger charge is -2.30. The number of fused-ring (bicyclic) bond motifs is 1. The summed E-state index contributed by atoms with van der Waals surface area (Å²) in [6.07, 6.45) is 4.78. The summed E-state index contributed by atoms with van der Waals surface area (Å²) >= 11 is 8.96. The first-order valence-corrected chi connectivity index (χ1v) is 12.3. The second-order valence-corrected chi connectivity index (χ2v) is 9.91. The normalized spacial score (nSPS) is 16.7. The number of nitrogens with one attached hydrogen (secondary N) is 1. The van der Waals surface area contributed by atoms with Gasteiger partial charge in [0.2, 0.25) is 5.91 Å². The van der Waals surface area contributed by atoms with Crippen molar-refractivity contribution in [3.63, 3.8) is 0 Å². The summed E-state index contributed by atoms with van der Waals surface area (Å²) in [4.78, 5) is 28.1. The van der Waals surface area contributed by atoms with E-state index in [-0.39, 0.29) is 5.91 Å². The molecular weight excluding hydrogens is 438 g/mol. The molecule has 1 fully saturated rings. The summed E-state index contributed by atoms with van der Waals surface area (Å²) < 4.78 is 0.963. The zero-order chi connectivity index (χ0) is 20.9. The van der Waals surface area contributed by atoms with E-state index in [0.717, 1.165) is 45.0 Å². The number of piperidine rings is 1. The van der Waals surface area contributed by atoms with Crippen molar-refractivity contribution in [1.82, 2.24) is 20.3 Å². The Morgan fingerprint density at radius 1 is 1.33 bits per heavy atom. The van der Waals surface area contributed by atoms with Gasteiger partial charge in [-0.3, -0.25) is 4.79 Å². The van der Waals surface area contributed by atoms with E-state index in [4.69, 9.17) is 16.6 Å². The molecule has 4 rings (SSSR count). The molecule has 158 valence electrons. The highest BCUT2D eigenvalue weighted by atomic mass is 35.5. The maximum Gasteiger partial charge on any atom is 0.230 e. The third-order valence-corrected chi connectivity index (χ3v) is 7.55. The molecule has 1 saturated heterocycles. The molecule has 0 bridgehead atoms. The fourth-order valence-corrected chi connectivity index (χ4v) is 5.59. The summed E-state index contributed by atoms with van der Waals surface area (Å²) in [7, 11) is 0. The highest BCUT2D eigenvalue weighted by molar-refractivity contribution is 8.00. The van der Waals surface area contributed by atoms with Crippen LogP contribution in [0.4, 0.5) is 5.13 Å². The van der Waals surface area contributed by atoms with Gasteiger partial charge in [-0.15, -0.1) is 0 Å². The Balaban J connectivity index is 1.33. The van der Waals surface area contributed by atoms with Crippen LogP contribution in [0.1, 0.15) is 25.3 Å². The molecule has 0 unspecified atom stereocenters. The van der Waals surface area contributed by atoms with Gasteiger partial charge in [0.1, 0.15) is 16.1 Å². The second kappa shape index (κ2) is 9.94. The Morgan fingerprint density at radius 2 is 2.17 bits per heavy atom. The van der Waals surface area contributed by atoms with Crippen molar-refractivity contribution >= 4 is 56.1 Å². The number of hydrogen-bond acceptors (Lipinski definition) is 7. The molecule has 0 saturated carbocycles. The van der Waals surface area contributed by atoms with E-state index in [1.165, 1.54) is 30.9 Å². The van der Waals surface area contributed by atoms with E-state index in [1.807, 2.05) is 24.3 Å². The minimum absolute atomic E-state index is 0.00433. The van der Waals surface area contributed by atoms with Crippen LogP contribution < -0.4 is 10.2 Å². The van der Waals surface area contributed by atoms with Crippen LogP contribution in [0.3, 0.4) is 0 Å². The standard InChI is InChI=1S/C21H24ClN5OS2/c1-14-3-2-10-27(11-14)21-26-19-18(30-21)20(25-13-24-19)29-12-17(28)23-9-8-15-4-6-16(22)7-5-15/h4-7,13-14H,2-3,8-12H2,1H3,(H,23,28)/t14-/m1/s1. The van der Waals surface area contributed by atoms with Gasteiger partial charge >= 0.3 is 0 Å². The van der Waals surface area contributed by atoms with E-state index >= 15 is 0 Å². The van der Waals surface area contributed by atoms with Gasteiger partial charge < -0.3 is 10.2 Å². The van der Waals surface area contributed by atoms with Gasteiger partial charge in [-0.25, -0.2) is 9.97 Å². The van der Waals surface area contributed by atoms with Gasteiger partial charge in [0.15, 0.2) is 10.8 Å². The van der Waals surface area contributed by atoms with Crippen LogP contribution in [-0.4, -0.2) is 46.2 Å². The smallest absolute Gasteiger partial charge is 0.230 e. The highest BCUT2D eigenvalue weighted by Gasteiger charge is 2.21. The zero-order valence-corrected chi connectivity index (χ0v) is 19.2. The first-order valence-electron chi connectivity index (χ1n) is 10.1. The number of aromatic nitrogens is 3. The predicted molar refractivity (Wildman–Crippen MR) is 125 cm³/mol. The van der Waals surface area contributed by atoms with Crippen molar-refractivity contribution in [2.75, 3.05) is 30.3 Å². The van der Waals surface area contributed by atoms with Crippen LogP contribution in [0.5, 0.6) is 0 Å². The molecule has 1 amide bonds. The maximum absolute atomic E-state index is 12.3. The van der Waals surface area contributed by atoms with Crippen molar-refractivity contribution in [1.29, 1.82) is 0 Å². The Morgan fingerprint density at radius 3 is 2.97 bits per heavy atom. The van der Waals surface area contributed by atoms with Crippen LogP contribution >= 0.6 is 34.7 Å². The number of benzene rings is 1. The molecule has 1 N–H and O–H groups in total. The van der Waals surface area contributed by atoms with E-state index < -0.39 is 0 Å². The average molecular weight is 462 g/mol. The topological polar surface area (TPSA) is 71.0 Å². The summed E-state index contributed by atoms with van der Waals surface area (Å²) in [6.45, 7) is 4.95. The average Bonchev–Trinajstić information content (AvgIpc) is 3.19. The quantitative estimate of drug-likeness (QED) is 0.414. The summed E-state index contributed by atoms with van der Waals surface area (Å²) in [6, 6.07) is 7.68. The number of thiazole rings is 1. The van der Waals surface area contributed by atoms with Crippen LogP contribution in [0.15, 0.2) is 35.6 Å². The van der Waals surface area contributed by atoms with Crippen LogP contribution in [0.25, 0.3) is 10.3 Å². The lowest BCUT2D eigenvalue weighted by molar-refractivity contribution is -0.118. The largest absolute Gasteiger partial charge is 0.355 e. The number of rotatable bonds is 7. The molecular formula is C21H24ClN5OS2. The monoisotopic (exact) mass is 461 g/mol. The maximum atomic E-state index is 12.3. The fraction of sp³-hybridized carbons (Fsp3) is 0.429. The molecule has 3 aromatic rings. The van der Waals surface area contributed by atoms with Crippen LogP contribution in [0, 0.1) is 5.92 Å². The van der Waals surface area contributed by atoms with Crippen molar-refractivity contribution in [3.05, 3.63) is 41.2 Å². The van der Waals surface area contributed by atoms with Gasteiger partial charge in [-0.2, -0.15) is 4.98 Å². The molecule has 1 atom stereocenters. The number of halogens is 1. The molecule has 3 heterocycles. The van der Waals surface area contributed by atoms with Gasteiger partial charge in [0.25, 0.3) is 0 Å². The Hall–Kier alpha value is -1.90. The number of anilines is 1. The Kier molecular flexibility index (Phi) is 7.07. The molecule has 1 aromatic carbocycles. The van der Waals surface area contributed by atoms with Crippen molar-refractivity contribution < 1.29 is 4.79 Å². The van der Waals surface area contributed by atoms with Gasteiger partial charge in [-0.05, 0) is 42.9 Å². The second-order valence-electron chi connectivity index (χ2n) is 7.54. The third-order valence-electron chi connectivity index (χ3n) is 5.06. The predicted octanol–water partition coefficient (Wildman–Crippen LogP) is 4.43. The fourth-order valence-electron chi connectivity index (χ4n) is 3.51.